The van der Waals surface area contributed by atoms with Crippen LogP contribution < -0.4 is 10.5 Å². The first kappa shape index (κ1) is 14.2. The number of aromatic nitrogens is 2. The summed E-state index contributed by atoms with van der Waals surface area (Å²) in [5.74, 6) is 0.594. The Morgan fingerprint density at radius 1 is 1.53 bits per heavy atom. The highest BCUT2D eigenvalue weighted by Gasteiger charge is 2.19. The summed E-state index contributed by atoms with van der Waals surface area (Å²) in [7, 11) is 0. The maximum Gasteiger partial charge on any atom is 0.267 e. The van der Waals surface area contributed by atoms with Crippen molar-refractivity contribution in [1.29, 1.82) is 0 Å². The van der Waals surface area contributed by atoms with Gasteiger partial charge in [0.1, 0.15) is 4.47 Å². The summed E-state index contributed by atoms with van der Waals surface area (Å²) < 4.78 is 0.417. The maximum atomic E-state index is 11.5. The molecule has 0 atom stereocenters. The molecule has 1 heterocycles. The Hall–Kier alpha value is -0.880. The number of H-pyrrole nitrogens is 1. The Kier molecular flexibility index (Phi) is 5.64. The van der Waals surface area contributed by atoms with Gasteiger partial charge in [0.2, 0.25) is 0 Å². The van der Waals surface area contributed by atoms with E-state index < -0.39 is 0 Å². The summed E-state index contributed by atoms with van der Waals surface area (Å²) >= 11 is 3.25. The van der Waals surface area contributed by atoms with Crippen LogP contribution in [-0.2, 0) is 0 Å². The molecule has 6 heteroatoms. The van der Waals surface area contributed by atoms with Gasteiger partial charge in [-0.1, -0.05) is 13.8 Å². The second-order valence-corrected chi connectivity index (χ2v) is 4.55. The molecule has 0 aliphatic rings. The Morgan fingerprint density at radius 2 is 2.18 bits per heavy atom. The van der Waals surface area contributed by atoms with Gasteiger partial charge in [0.15, 0.2) is 5.82 Å². The number of aromatic amines is 1. The van der Waals surface area contributed by atoms with Crippen molar-refractivity contribution in [1.82, 2.24) is 9.97 Å². The van der Waals surface area contributed by atoms with Gasteiger partial charge in [0.05, 0.1) is 12.9 Å². The summed E-state index contributed by atoms with van der Waals surface area (Å²) in [5.41, 5.74) is -0.205. The Bertz CT molecular complexity index is 404. The lowest BCUT2D eigenvalue weighted by atomic mass is 10.1. The van der Waals surface area contributed by atoms with E-state index in [-0.39, 0.29) is 18.2 Å². The van der Waals surface area contributed by atoms with Crippen LogP contribution in [0.1, 0.15) is 26.7 Å². The molecule has 0 amide bonds. The topological polar surface area (TPSA) is 69.2 Å². The van der Waals surface area contributed by atoms with Crippen molar-refractivity contribution in [3.8, 4) is 0 Å². The first-order chi connectivity index (χ1) is 8.15. The second kappa shape index (κ2) is 6.76. The number of aliphatic hydroxyl groups is 1. The number of nitrogens with zero attached hydrogens (tertiary/aromatic N) is 2. The second-order valence-electron chi connectivity index (χ2n) is 3.76. The van der Waals surface area contributed by atoms with E-state index in [4.69, 9.17) is 5.11 Å². The van der Waals surface area contributed by atoms with E-state index in [0.29, 0.717) is 16.8 Å². The van der Waals surface area contributed by atoms with Gasteiger partial charge in [0, 0.05) is 12.6 Å². The SMILES string of the molecule is CCC(CC)N(CCO)c1nc[nH]c(=O)c1Br. The first-order valence-corrected chi connectivity index (χ1v) is 6.55. The van der Waals surface area contributed by atoms with Gasteiger partial charge in [-0.2, -0.15) is 0 Å². The highest BCUT2D eigenvalue weighted by molar-refractivity contribution is 9.10. The van der Waals surface area contributed by atoms with E-state index in [9.17, 15) is 4.79 Å². The Balaban J connectivity index is 3.13. The third-order valence-corrected chi connectivity index (χ3v) is 3.49. The minimum atomic E-state index is -0.205. The fourth-order valence-corrected chi connectivity index (χ4v) is 2.32. The molecule has 0 saturated heterocycles. The molecule has 96 valence electrons. The summed E-state index contributed by atoms with van der Waals surface area (Å²) in [4.78, 5) is 20.2. The molecule has 17 heavy (non-hydrogen) atoms. The summed E-state index contributed by atoms with van der Waals surface area (Å²) in [6.07, 6.45) is 3.27. The van der Waals surface area contributed by atoms with Crippen LogP contribution in [0.3, 0.4) is 0 Å². The standard InChI is InChI=1S/C11H18BrN3O2/c1-3-8(4-2)15(5-6-16)10-9(12)11(17)14-7-13-10/h7-8,16H,3-6H2,1-2H3,(H,13,14,17). The molecule has 1 aromatic rings. The number of anilines is 1. The Morgan fingerprint density at radius 3 is 2.71 bits per heavy atom. The number of hydrogen-bond donors (Lipinski definition) is 2. The maximum absolute atomic E-state index is 11.5. The number of nitrogens with one attached hydrogen (secondary N) is 1. The molecule has 0 aliphatic heterocycles. The number of halogens is 1. The molecule has 0 aromatic carbocycles. The predicted octanol–water partition coefficient (Wildman–Crippen LogP) is 1.52. The quantitative estimate of drug-likeness (QED) is 0.836. The van der Waals surface area contributed by atoms with Crippen LogP contribution in [0.5, 0.6) is 0 Å². The van der Waals surface area contributed by atoms with Crippen molar-refractivity contribution in [2.45, 2.75) is 32.7 Å². The van der Waals surface area contributed by atoms with Gasteiger partial charge in [-0.05, 0) is 28.8 Å². The summed E-state index contributed by atoms with van der Waals surface area (Å²) in [6.45, 7) is 4.68. The van der Waals surface area contributed by atoms with Crippen molar-refractivity contribution in [3.05, 3.63) is 21.2 Å². The molecular weight excluding hydrogens is 286 g/mol. The average Bonchev–Trinajstić information content (AvgIpc) is 2.33. The van der Waals surface area contributed by atoms with Gasteiger partial charge < -0.3 is 15.0 Å². The molecule has 0 spiro atoms. The van der Waals surface area contributed by atoms with Crippen molar-refractivity contribution < 1.29 is 5.11 Å². The van der Waals surface area contributed by atoms with Crippen LogP contribution in [-0.4, -0.2) is 34.3 Å². The zero-order valence-corrected chi connectivity index (χ0v) is 11.7. The molecule has 0 aliphatic carbocycles. The van der Waals surface area contributed by atoms with Crippen LogP contribution in [0.25, 0.3) is 0 Å². The third kappa shape index (κ3) is 3.29. The van der Waals surface area contributed by atoms with Gasteiger partial charge in [0.25, 0.3) is 5.56 Å². The number of hydrogen-bond acceptors (Lipinski definition) is 4. The molecular formula is C11H18BrN3O2. The van der Waals surface area contributed by atoms with Gasteiger partial charge in [-0.3, -0.25) is 4.79 Å². The zero-order chi connectivity index (χ0) is 12.8. The van der Waals surface area contributed by atoms with E-state index in [2.05, 4.69) is 39.7 Å². The smallest absolute Gasteiger partial charge is 0.267 e. The number of aliphatic hydroxyl groups excluding tert-OH is 1. The van der Waals surface area contributed by atoms with Crippen LogP contribution >= 0.6 is 15.9 Å². The molecule has 0 radical (unpaired) electrons. The predicted molar refractivity (Wildman–Crippen MR) is 71.4 cm³/mol. The molecule has 0 fully saturated rings. The van der Waals surface area contributed by atoms with E-state index in [1.165, 1.54) is 6.33 Å². The van der Waals surface area contributed by atoms with Crippen LogP contribution in [0.4, 0.5) is 5.82 Å². The van der Waals surface area contributed by atoms with Crippen molar-refractivity contribution in [2.24, 2.45) is 0 Å². The minimum absolute atomic E-state index is 0.0391. The molecule has 0 unspecified atom stereocenters. The normalized spacial score (nSPS) is 10.9. The van der Waals surface area contributed by atoms with Crippen molar-refractivity contribution in [2.75, 3.05) is 18.1 Å². The molecule has 0 bridgehead atoms. The van der Waals surface area contributed by atoms with Gasteiger partial charge in [-0.25, -0.2) is 4.98 Å². The van der Waals surface area contributed by atoms with E-state index in [1.54, 1.807) is 0 Å². The fraction of sp³-hybridized carbons (Fsp3) is 0.636. The molecule has 1 aromatic heterocycles. The van der Waals surface area contributed by atoms with Gasteiger partial charge >= 0.3 is 0 Å². The minimum Gasteiger partial charge on any atom is -0.395 e. The molecule has 5 nitrogen and oxygen atoms in total. The summed E-state index contributed by atoms with van der Waals surface area (Å²) in [6, 6.07) is 0.271. The molecule has 1 rings (SSSR count). The van der Waals surface area contributed by atoms with Crippen LogP contribution in [0.2, 0.25) is 0 Å². The molecule has 0 saturated carbocycles. The van der Waals surface area contributed by atoms with E-state index in [0.717, 1.165) is 12.8 Å². The highest BCUT2D eigenvalue weighted by atomic mass is 79.9. The lowest BCUT2D eigenvalue weighted by Crippen LogP contribution is -2.38. The lowest BCUT2D eigenvalue weighted by molar-refractivity contribution is 0.295. The fourth-order valence-electron chi connectivity index (χ4n) is 1.87. The van der Waals surface area contributed by atoms with Crippen LogP contribution in [0.15, 0.2) is 15.6 Å². The van der Waals surface area contributed by atoms with Crippen molar-refractivity contribution in [3.63, 3.8) is 0 Å². The van der Waals surface area contributed by atoms with Crippen molar-refractivity contribution >= 4 is 21.7 Å². The lowest BCUT2D eigenvalue weighted by Gasteiger charge is -2.31. The van der Waals surface area contributed by atoms with Crippen LogP contribution in [0, 0.1) is 0 Å². The first-order valence-electron chi connectivity index (χ1n) is 5.76. The van der Waals surface area contributed by atoms with Gasteiger partial charge in [-0.15, -0.1) is 0 Å². The molecule has 2 N–H and O–H groups in total. The Labute approximate surface area is 109 Å². The zero-order valence-electron chi connectivity index (χ0n) is 10.1. The summed E-state index contributed by atoms with van der Waals surface area (Å²) in [5, 5.41) is 9.13. The average molecular weight is 304 g/mol. The number of rotatable bonds is 6. The third-order valence-electron chi connectivity index (χ3n) is 2.77. The van der Waals surface area contributed by atoms with E-state index >= 15 is 0 Å². The largest absolute Gasteiger partial charge is 0.395 e. The van der Waals surface area contributed by atoms with E-state index in [1.807, 2.05) is 4.90 Å². The monoisotopic (exact) mass is 303 g/mol. The highest BCUT2D eigenvalue weighted by Crippen LogP contribution is 2.23.